The SMILES string of the molecule is CCN1C[C@@]2(COC)[C@H]3[C@@H](OC)[C@H]4[C@H]1[C@]3([C@@H](OC)C[C@H]2OC(C)=O)[C@H]1C[C@@]2(OC(C)=O)[C@H](OC(=O)c3ccccc3)[C@@H]1[C@]4(OC(C)=O)[C@@H](OC(C)=O)[C@@H]2OC. The normalized spacial score (nSPS) is 43.3. The molecule has 5 aliphatic carbocycles. The summed E-state index contributed by atoms with van der Waals surface area (Å²) >= 11 is 0. The second-order valence-electron chi connectivity index (χ2n) is 16.1. The van der Waals surface area contributed by atoms with Crippen LogP contribution < -0.4 is 0 Å². The molecule has 1 aromatic rings. The van der Waals surface area contributed by atoms with Gasteiger partial charge in [-0.2, -0.15) is 0 Å². The molecule has 0 aromatic heterocycles. The van der Waals surface area contributed by atoms with Crippen LogP contribution in [-0.2, 0) is 61.8 Å². The summed E-state index contributed by atoms with van der Waals surface area (Å²) in [7, 11) is 6.23. The average molecular weight is 772 g/mol. The topological polar surface area (TPSA) is 172 Å². The van der Waals surface area contributed by atoms with Crippen LogP contribution in [0.3, 0.4) is 0 Å². The standard InChI is InChI=1S/C40H53NO14/c1-10-41-18-37(19-47-6)26(51-20(2)42)16-27(48-7)39-25-17-38(54-22(4)44)33(53-36(46)24-14-12-11-13-15-24)28(25)40(55-23(5)45,35(34(38)50-9)52-21(3)43)29(32(39)41)30(49-8)31(37)39/h11-15,25-35H,10,16-19H2,1-9H3/t25-,26+,27-,28+,29-,30-,31+,32-,33+,34-,35-,37-,38+,39-,40+/m0/s1. The van der Waals surface area contributed by atoms with E-state index < -0.39 is 118 Å². The van der Waals surface area contributed by atoms with E-state index in [0.29, 0.717) is 19.5 Å². The predicted molar refractivity (Wildman–Crippen MR) is 189 cm³/mol. The number of piperidine rings is 1. The van der Waals surface area contributed by atoms with Crippen molar-refractivity contribution in [2.75, 3.05) is 48.1 Å². The Kier molecular flexibility index (Phi) is 10.1. The zero-order valence-corrected chi connectivity index (χ0v) is 32.9. The molecule has 7 bridgehead atoms. The lowest BCUT2D eigenvalue weighted by Gasteiger charge is -2.70. The van der Waals surface area contributed by atoms with Gasteiger partial charge in [-0.1, -0.05) is 25.1 Å². The largest absolute Gasteiger partial charge is 0.462 e. The number of hydrogen-bond donors (Lipinski definition) is 0. The molecule has 5 saturated carbocycles. The Labute approximate surface area is 320 Å². The highest BCUT2D eigenvalue weighted by molar-refractivity contribution is 5.89. The number of benzene rings is 1. The fraction of sp³-hybridized carbons (Fsp3) is 0.725. The second-order valence-corrected chi connectivity index (χ2v) is 16.1. The molecule has 1 heterocycles. The van der Waals surface area contributed by atoms with E-state index in [-0.39, 0.29) is 18.6 Å². The number of nitrogens with zero attached hydrogens (tertiary/aromatic N) is 1. The van der Waals surface area contributed by atoms with Crippen LogP contribution in [0.25, 0.3) is 0 Å². The Morgan fingerprint density at radius 3 is 1.96 bits per heavy atom. The molecule has 55 heavy (non-hydrogen) atoms. The molecule has 6 fully saturated rings. The predicted octanol–water partition coefficient (Wildman–Crippen LogP) is 2.36. The van der Waals surface area contributed by atoms with E-state index in [1.165, 1.54) is 34.8 Å². The number of methoxy groups -OCH3 is 4. The van der Waals surface area contributed by atoms with Gasteiger partial charge in [-0.05, 0) is 31.0 Å². The molecule has 1 saturated heterocycles. The molecule has 15 heteroatoms. The minimum absolute atomic E-state index is 0.0537. The first-order chi connectivity index (χ1) is 26.2. The van der Waals surface area contributed by atoms with Gasteiger partial charge in [0, 0.05) is 104 Å². The number of hydrogen-bond acceptors (Lipinski definition) is 15. The van der Waals surface area contributed by atoms with Crippen molar-refractivity contribution < 1.29 is 66.6 Å². The van der Waals surface area contributed by atoms with Crippen LogP contribution in [0.2, 0.25) is 0 Å². The third kappa shape index (κ3) is 5.21. The molecule has 0 amide bonds. The lowest BCUT2D eigenvalue weighted by Crippen LogP contribution is -2.82. The van der Waals surface area contributed by atoms with Gasteiger partial charge in [-0.25, -0.2) is 4.79 Å². The second kappa shape index (κ2) is 14.1. The van der Waals surface area contributed by atoms with Crippen molar-refractivity contribution in [1.29, 1.82) is 0 Å². The first-order valence-electron chi connectivity index (χ1n) is 19.0. The van der Waals surface area contributed by atoms with Gasteiger partial charge in [0.15, 0.2) is 23.4 Å². The van der Waals surface area contributed by atoms with Crippen LogP contribution >= 0.6 is 0 Å². The van der Waals surface area contributed by atoms with Gasteiger partial charge in [0.25, 0.3) is 0 Å². The van der Waals surface area contributed by atoms with Crippen molar-refractivity contribution >= 4 is 29.8 Å². The van der Waals surface area contributed by atoms with Crippen LogP contribution in [0.1, 0.15) is 57.8 Å². The zero-order valence-electron chi connectivity index (χ0n) is 32.9. The minimum Gasteiger partial charge on any atom is -0.462 e. The summed E-state index contributed by atoms with van der Waals surface area (Å²) in [6, 6.07) is 7.98. The molecule has 15 nitrogen and oxygen atoms in total. The number of likely N-dealkylation sites (tertiary alicyclic amines) is 1. The van der Waals surface area contributed by atoms with E-state index >= 15 is 0 Å². The molecule has 1 aliphatic heterocycles. The van der Waals surface area contributed by atoms with E-state index in [1.54, 1.807) is 51.7 Å². The molecular formula is C40H53NO14. The number of fused-ring (bicyclic) bond motifs is 2. The smallest absolute Gasteiger partial charge is 0.338 e. The summed E-state index contributed by atoms with van der Waals surface area (Å²) in [4.78, 5) is 69.8. The number of esters is 5. The summed E-state index contributed by atoms with van der Waals surface area (Å²) in [5.41, 5.74) is -5.03. The number of carbonyl (C=O) groups is 5. The summed E-state index contributed by atoms with van der Waals surface area (Å²) in [6.07, 6.45) is -5.56. The maximum Gasteiger partial charge on any atom is 0.338 e. The molecule has 0 radical (unpaired) electrons. The average Bonchev–Trinajstić information content (AvgIpc) is 3.51. The lowest BCUT2D eigenvalue weighted by atomic mass is 9.42. The van der Waals surface area contributed by atoms with Crippen LogP contribution in [0.4, 0.5) is 0 Å². The van der Waals surface area contributed by atoms with Gasteiger partial charge in [0.05, 0.1) is 24.4 Å². The summed E-state index contributed by atoms with van der Waals surface area (Å²) in [5, 5.41) is 0. The fourth-order valence-corrected chi connectivity index (χ4v) is 13.4. The highest BCUT2D eigenvalue weighted by Crippen LogP contribution is 2.81. The van der Waals surface area contributed by atoms with Gasteiger partial charge < -0.3 is 42.6 Å². The molecule has 302 valence electrons. The van der Waals surface area contributed by atoms with Gasteiger partial charge in [0.1, 0.15) is 12.2 Å². The molecule has 7 rings (SSSR count). The van der Waals surface area contributed by atoms with Gasteiger partial charge in [-0.3, -0.25) is 24.1 Å². The summed E-state index contributed by atoms with van der Waals surface area (Å²) in [6.45, 7) is 8.33. The maximum atomic E-state index is 14.2. The maximum absolute atomic E-state index is 14.2. The van der Waals surface area contributed by atoms with Crippen LogP contribution in [0.15, 0.2) is 30.3 Å². The lowest BCUT2D eigenvalue weighted by molar-refractivity contribution is -0.325. The van der Waals surface area contributed by atoms with E-state index in [2.05, 4.69) is 4.90 Å². The van der Waals surface area contributed by atoms with Crippen LogP contribution in [0, 0.1) is 34.5 Å². The monoisotopic (exact) mass is 771 g/mol. The molecule has 0 N–H and O–H groups in total. The van der Waals surface area contributed by atoms with Crippen LogP contribution in [-0.4, -0.2) is 137 Å². The first kappa shape index (κ1) is 39.6. The number of ether oxygens (including phenoxy) is 9. The van der Waals surface area contributed by atoms with E-state index in [0.717, 1.165) is 0 Å². The molecule has 1 spiro atoms. The van der Waals surface area contributed by atoms with Crippen LogP contribution in [0.5, 0.6) is 0 Å². The third-order valence-electron chi connectivity index (χ3n) is 14.0. The van der Waals surface area contributed by atoms with Gasteiger partial charge in [0.2, 0.25) is 0 Å². The minimum atomic E-state index is -1.77. The number of rotatable bonds is 12. The fourth-order valence-electron chi connectivity index (χ4n) is 13.4. The van der Waals surface area contributed by atoms with E-state index in [9.17, 15) is 24.0 Å². The van der Waals surface area contributed by atoms with Crippen molar-refractivity contribution in [1.82, 2.24) is 4.90 Å². The first-order valence-corrected chi connectivity index (χ1v) is 19.0. The molecule has 15 atom stereocenters. The van der Waals surface area contributed by atoms with Gasteiger partial charge >= 0.3 is 29.8 Å². The van der Waals surface area contributed by atoms with E-state index in [4.69, 9.17) is 42.6 Å². The van der Waals surface area contributed by atoms with E-state index in [1.807, 2.05) is 6.92 Å². The van der Waals surface area contributed by atoms with Crippen molar-refractivity contribution in [3.05, 3.63) is 35.9 Å². The molecule has 6 aliphatic rings. The molecule has 1 aromatic carbocycles. The van der Waals surface area contributed by atoms with Crippen molar-refractivity contribution in [2.45, 2.75) is 101 Å². The highest BCUT2D eigenvalue weighted by atomic mass is 16.7. The number of carbonyl (C=O) groups excluding carboxylic acids is 5. The van der Waals surface area contributed by atoms with Crippen molar-refractivity contribution in [2.24, 2.45) is 34.5 Å². The third-order valence-corrected chi connectivity index (χ3v) is 14.0. The highest BCUT2D eigenvalue weighted by Gasteiger charge is 2.93. The molecular weight excluding hydrogens is 718 g/mol. The molecule has 0 unspecified atom stereocenters. The zero-order chi connectivity index (χ0) is 39.8. The Morgan fingerprint density at radius 1 is 0.745 bits per heavy atom. The Bertz CT molecular complexity index is 1710. The summed E-state index contributed by atoms with van der Waals surface area (Å²) in [5.74, 6) is -5.98. The quantitative estimate of drug-likeness (QED) is 0.224. The summed E-state index contributed by atoms with van der Waals surface area (Å²) < 4.78 is 57.9. The van der Waals surface area contributed by atoms with Crippen molar-refractivity contribution in [3.8, 4) is 0 Å². The Hall–Kier alpha value is -3.63. The van der Waals surface area contributed by atoms with Gasteiger partial charge in [-0.15, -0.1) is 0 Å². The Morgan fingerprint density at radius 2 is 1.42 bits per heavy atom. The van der Waals surface area contributed by atoms with Crippen molar-refractivity contribution in [3.63, 3.8) is 0 Å². The Balaban J connectivity index is 1.60.